The number of rotatable bonds is 6. The summed E-state index contributed by atoms with van der Waals surface area (Å²) in [6.07, 6.45) is 3.29. The fourth-order valence-electron chi connectivity index (χ4n) is 2.83. The molecular weight excluding hydrogens is 369 g/mol. The molecule has 0 saturated carbocycles. The van der Waals surface area contributed by atoms with Gasteiger partial charge in [0, 0.05) is 12.0 Å². The number of aryl methyl sites for hydroxylation is 2. The number of hydrogen-bond acceptors (Lipinski definition) is 5. The second-order valence-corrected chi connectivity index (χ2v) is 8.26. The van der Waals surface area contributed by atoms with Gasteiger partial charge >= 0.3 is 0 Å². The Morgan fingerprint density at radius 1 is 1.30 bits per heavy atom. The zero-order chi connectivity index (χ0) is 19.4. The van der Waals surface area contributed by atoms with E-state index in [1.807, 2.05) is 31.2 Å². The molecule has 1 aromatic heterocycles. The van der Waals surface area contributed by atoms with Crippen molar-refractivity contribution < 1.29 is 17.5 Å². The van der Waals surface area contributed by atoms with Gasteiger partial charge in [0.05, 0.1) is 12.2 Å². The summed E-state index contributed by atoms with van der Waals surface area (Å²) in [6.45, 7) is 4.24. The van der Waals surface area contributed by atoms with Gasteiger partial charge in [-0.3, -0.25) is 0 Å². The van der Waals surface area contributed by atoms with Crippen LogP contribution in [0.3, 0.4) is 0 Å². The van der Waals surface area contributed by atoms with Crippen LogP contribution in [0, 0.1) is 12.7 Å². The first-order valence-electron chi connectivity index (χ1n) is 8.80. The lowest BCUT2D eigenvalue weighted by Gasteiger charge is -2.15. The number of aromatic nitrogens is 2. The Morgan fingerprint density at radius 2 is 2.04 bits per heavy atom. The second kappa shape index (κ2) is 8.14. The van der Waals surface area contributed by atoms with Crippen molar-refractivity contribution in [1.82, 2.24) is 14.3 Å². The smallest absolute Gasteiger partial charge is 0.254 e. The largest absolute Gasteiger partial charge is 0.471 e. The maximum absolute atomic E-state index is 14.2. The van der Waals surface area contributed by atoms with E-state index in [4.69, 9.17) is 4.74 Å². The monoisotopic (exact) mass is 391 g/mol. The highest BCUT2D eigenvalue weighted by molar-refractivity contribution is 7.92. The SMILES string of the molecule is CCc1ncnc(OC2CCN(S(=O)(=O)/C=C/c3ccc(C)cc3)C2)c1F. The van der Waals surface area contributed by atoms with Gasteiger partial charge in [0.15, 0.2) is 0 Å². The number of sulfonamides is 1. The molecule has 0 N–H and O–H groups in total. The Hall–Kier alpha value is -2.32. The van der Waals surface area contributed by atoms with Crippen LogP contribution in [0.15, 0.2) is 36.0 Å². The van der Waals surface area contributed by atoms with Gasteiger partial charge < -0.3 is 4.74 Å². The van der Waals surface area contributed by atoms with E-state index in [0.29, 0.717) is 19.4 Å². The summed E-state index contributed by atoms with van der Waals surface area (Å²) in [5.41, 5.74) is 2.20. The minimum absolute atomic E-state index is 0.124. The van der Waals surface area contributed by atoms with E-state index in [0.717, 1.165) is 11.1 Å². The summed E-state index contributed by atoms with van der Waals surface area (Å²) in [6, 6.07) is 7.57. The van der Waals surface area contributed by atoms with Crippen LogP contribution in [-0.4, -0.2) is 41.9 Å². The molecule has 8 heteroatoms. The van der Waals surface area contributed by atoms with Crippen molar-refractivity contribution in [3.63, 3.8) is 0 Å². The van der Waals surface area contributed by atoms with E-state index < -0.39 is 21.9 Å². The standard InChI is InChI=1S/C19H22FN3O3S/c1-3-17-18(20)19(22-13-21-17)26-16-8-10-23(12-16)27(24,25)11-9-15-6-4-14(2)5-7-15/h4-7,9,11,13,16H,3,8,10,12H2,1-2H3/b11-9+. The molecule has 144 valence electrons. The lowest BCUT2D eigenvalue weighted by atomic mass is 10.2. The van der Waals surface area contributed by atoms with Crippen molar-refractivity contribution in [2.24, 2.45) is 0 Å². The summed E-state index contributed by atoms with van der Waals surface area (Å²) >= 11 is 0. The highest BCUT2D eigenvalue weighted by atomic mass is 32.2. The van der Waals surface area contributed by atoms with E-state index in [9.17, 15) is 12.8 Å². The van der Waals surface area contributed by atoms with Crippen LogP contribution in [0.2, 0.25) is 0 Å². The van der Waals surface area contributed by atoms with Crippen LogP contribution in [0.1, 0.15) is 30.2 Å². The van der Waals surface area contributed by atoms with Gasteiger partial charge in [-0.1, -0.05) is 36.8 Å². The molecule has 3 rings (SSSR count). The van der Waals surface area contributed by atoms with Gasteiger partial charge in [0.1, 0.15) is 12.4 Å². The Kier molecular flexibility index (Phi) is 5.86. The number of nitrogens with zero attached hydrogens (tertiary/aromatic N) is 3. The Morgan fingerprint density at radius 3 is 2.74 bits per heavy atom. The molecule has 0 spiro atoms. The van der Waals surface area contributed by atoms with Crippen molar-refractivity contribution in [1.29, 1.82) is 0 Å². The molecule has 0 radical (unpaired) electrons. The molecular formula is C19H22FN3O3S. The first-order valence-corrected chi connectivity index (χ1v) is 10.3. The summed E-state index contributed by atoms with van der Waals surface area (Å²) in [4.78, 5) is 7.69. The minimum Gasteiger partial charge on any atom is -0.471 e. The predicted molar refractivity (Wildman–Crippen MR) is 101 cm³/mol. The maximum Gasteiger partial charge on any atom is 0.254 e. The lowest BCUT2D eigenvalue weighted by molar-refractivity contribution is 0.195. The van der Waals surface area contributed by atoms with Crippen molar-refractivity contribution in [3.05, 3.63) is 58.6 Å². The van der Waals surface area contributed by atoms with Crippen molar-refractivity contribution in [3.8, 4) is 5.88 Å². The molecule has 27 heavy (non-hydrogen) atoms. The van der Waals surface area contributed by atoms with Crippen molar-refractivity contribution in [2.45, 2.75) is 32.8 Å². The van der Waals surface area contributed by atoms with E-state index in [2.05, 4.69) is 9.97 Å². The highest BCUT2D eigenvalue weighted by Crippen LogP contribution is 2.23. The Labute approximate surface area is 158 Å². The summed E-state index contributed by atoms with van der Waals surface area (Å²) in [5, 5.41) is 1.19. The molecule has 0 bridgehead atoms. The van der Waals surface area contributed by atoms with Gasteiger partial charge in [-0.2, -0.15) is 13.7 Å². The minimum atomic E-state index is -3.57. The molecule has 1 saturated heterocycles. The average molecular weight is 391 g/mol. The zero-order valence-corrected chi connectivity index (χ0v) is 16.1. The molecule has 0 aliphatic carbocycles. The number of halogens is 1. The van der Waals surface area contributed by atoms with Gasteiger partial charge in [-0.15, -0.1) is 0 Å². The van der Waals surface area contributed by atoms with Crippen LogP contribution < -0.4 is 4.74 Å². The molecule has 2 heterocycles. The fraction of sp³-hybridized carbons (Fsp3) is 0.368. The third-order valence-electron chi connectivity index (χ3n) is 4.42. The summed E-state index contributed by atoms with van der Waals surface area (Å²) in [5.74, 6) is -0.707. The molecule has 1 aliphatic heterocycles. The fourth-order valence-corrected chi connectivity index (χ4v) is 4.06. The Balaban J connectivity index is 1.65. The normalized spacial score (nSPS) is 18.3. The van der Waals surface area contributed by atoms with Crippen LogP contribution >= 0.6 is 0 Å². The van der Waals surface area contributed by atoms with Gasteiger partial charge in [-0.25, -0.2) is 13.4 Å². The number of ether oxygens (including phenoxy) is 1. The van der Waals surface area contributed by atoms with Crippen LogP contribution in [-0.2, 0) is 16.4 Å². The molecule has 1 aliphatic rings. The number of benzene rings is 1. The van der Waals surface area contributed by atoms with Crippen LogP contribution in [0.25, 0.3) is 6.08 Å². The quantitative estimate of drug-likeness (QED) is 0.757. The van der Waals surface area contributed by atoms with Crippen LogP contribution in [0.4, 0.5) is 4.39 Å². The summed E-state index contributed by atoms with van der Waals surface area (Å²) < 4.78 is 46.2. The van der Waals surface area contributed by atoms with Gasteiger partial charge in [0.25, 0.3) is 5.88 Å². The van der Waals surface area contributed by atoms with E-state index in [1.54, 1.807) is 13.0 Å². The number of hydrogen-bond donors (Lipinski definition) is 0. The van der Waals surface area contributed by atoms with E-state index in [-0.39, 0.29) is 18.1 Å². The molecule has 1 unspecified atom stereocenters. The average Bonchev–Trinajstić information content (AvgIpc) is 3.13. The molecule has 2 aromatic rings. The predicted octanol–water partition coefficient (Wildman–Crippen LogP) is 2.94. The third-order valence-corrected chi connectivity index (χ3v) is 5.95. The molecule has 1 fully saturated rings. The zero-order valence-electron chi connectivity index (χ0n) is 15.3. The first-order chi connectivity index (χ1) is 12.9. The Bertz CT molecular complexity index is 930. The molecule has 6 nitrogen and oxygen atoms in total. The maximum atomic E-state index is 14.2. The van der Waals surface area contributed by atoms with E-state index >= 15 is 0 Å². The van der Waals surface area contributed by atoms with Gasteiger partial charge in [0.2, 0.25) is 15.8 Å². The first kappa shape index (κ1) is 19.4. The second-order valence-electron chi connectivity index (χ2n) is 6.44. The van der Waals surface area contributed by atoms with Crippen molar-refractivity contribution in [2.75, 3.05) is 13.1 Å². The van der Waals surface area contributed by atoms with Crippen molar-refractivity contribution >= 4 is 16.1 Å². The molecule has 0 amide bonds. The topological polar surface area (TPSA) is 72.4 Å². The lowest BCUT2D eigenvalue weighted by Crippen LogP contribution is -2.29. The van der Waals surface area contributed by atoms with Gasteiger partial charge in [-0.05, 0) is 31.4 Å². The van der Waals surface area contributed by atoms with E-state index in [1.165, 1.54) is 16.0 Å². The molecule has 1 aromatic carbocycles. The third kappa shape index (κ3) is 4.70. The summed E-state index contributed by atoms with van der Waals surface area (Å²) in [7, 11) is -3.57. The van der Waals surface area contributed by atoms with Crippen LogP contribution in [0.5, 0.6) is 5.88 Å². The highest BCUT2D eigenvalue weighted by Gasteiger charge is 2.32. The molecule has 1 atom stereocenters.